The van der Waals surface area contributed by atoms with Crippen molar-refractivity contribution in [2.75, 3.05) is 0 Å². The number of nitrogens with zero attached hydrogens (tertiary/aromatic N) is 1. The molecule has 2 rings (SSSR count). The normalized spacial score (nSPS) is 10.4. The van der Waals surface area contributed by atoms with Gasteiger partial charge in [-0.25, -0.2) is 4.98 Å². The molecule has 2 aromatic rings. The molecule has 0 unspecified atom stereocenters. The van der Waals surface area contributed by atoms with E-state index in [9.17, 15) is 4.79 Å². The van der Waals surface area contributed by atoms with Crippen LogP contribution >= 0.6 is 0 Å². The van der Waals surface area contributed by atoms with E-state index in [1.165, 1.54) is 6.39 Å². The van der Waals surface area contributed by atoms with Gasteiger partial charge in [-0.3, -0.25) is 4.79 Å². The van der Waals surface area contributed by atoms with E-state index in [1.807, 2.05) is 31.2 Å². The molecule has 4 nitrogen and oxygen atoms in total. The lowest BCUT2D eigenvalue weighted by Gasteiger charge is -2.01. The van der Waals surface area contributed by atoms with E-state index < -0.39 is 5.97 Å². The van der Waals surface area contributed by atoms with Crippen molar-refractivity contribution in [3.63, 3.8) is 0 Å². The number of aromatic nitrogens is 1. The van der Waals surface area contributed by atoms with E-state index >= 15 is 0 Å². The van der Waals surface area contributed by atoms with Crippen LogP contribution in [0.5, 0.6) is 0 Å². The van der Waals surface area contributed by atoms with Crippen molar-refractivity contribution in [1.29, 1.82) is 0 Å². The molecule has 1 N–H and O–H groups in total. The third kappa shape index (κ3) is 2.72. The molecule has 0 saturated heterocycles. The fourth-order valence-electron chi connectivity index (χ4n) is 1.66. The average molecular weight is 231 g/mol. The van der Waals surface area contributed by atoms with Crippen LogP contribution in [0.3, 0.4) is 0 Å². The number of aliphatic carboxylic acids is 1. The van der Waals surface area contributed by atoms with Crippen LogP contribution < -0.4 is 0 Å². The van der Waals surface area contributed by atoms with Gasteiger partial charge in [0.05, 0.1) is 0 Å². The Morgan fingerprint density at radius 1 is 1.35 bits per heavy atom. The molecule has 0 aliphatic rings. The van der Waals surface area contributed by atoms with Crippen LogP contribution in [0.4, 0.5) is 0 Å². The predicted molar refractivity (Wildman–Crippen MR) is 62.6 cm³/mol. The minimum atomic E-state index is -0.776. The van der Waals surface area contributed by atoms with Gasteiger partial charge in [-0.1, -0.05) is 24.3 Å². The minimum absolute atomic E-state index is 0.155. The molecule has 0 bridgehead atoms. The summed E-state index contributed by atoms with van der Waals surface area (Å²) in [4.78, 5) is 14.6. The van der Waals surface area contributed by atoms with Crippen molar-refractivity contribution in [1.82, 2.24) is 4.98 Å². The summed E-state index contributed by atoms with van der Waals surface area (Å²) in [7, 11) is 0. The highest BCUT2D eigenvalue weighted by atomic mass is 16.4. The van der Waals surface area contributed by atoms with Gasteiger partial charge in [-0.05, 0) is 18.9 Å². The van der Waals surface area contributed by atoms with E-state index in [4.69, 9.17) is 9.52 Å². The molecular weight excluding hydrogens is 218 g/mol. The molecule has 4 heteroatoms. The Morgan fingerprint density at radius 3 is 2.59 bits per heavy atom. The predicted octanol–water partition coefficient (Wildman–Crippen LogP) is 2.67. The van der Waals surface area contributed by atoms with Crippen molar-refractivity contribution < 1.29 is 14.3 Å². The lowest BCUT2D eigenvalue weighted by atomic mass is 10.1. The van der Waals surface area contributed by atoms with Gasteiger partial charge >= 0.3 is 5.97 Å². The maximum Gasteiger partial charge on any atom is 0.303 e. The van der Waals surface area contributed by atoms with Crippen LogP contribution in [0.2, 0.25) is 0 Å². The van der Waals surface area contributed by atoms with Crippen molar-refractivity contribution in [3.05, 3.63) is 42.0 Å². The van der Waals surface area contributed by atoms with Crippen molar-refractivity contribution >= 4 is 5.97 Å². The fourth-order valence-corrected chi connectivity index (χ4v) is 1.66. The molecule has 0 amide bonds. The molecule has 0 radical (unpaired) electrons. The highest BCUT2D eigenvalue weighted by molar-refractivity contribution is 5.67. The van der Waals surface area contributed by atoms with Gasteiger partial charge in [-0.2, -0.15) is 0 Å². The second-order valence-electron chi connectivity index (χ2n) is 3.85. The number of carboxylic acid groups (broad SMARTS) is 1. The smallest absolute Gasteiger partial charge is 0.303 e. The van der Waals surface area contributed by atoms with E-state index in [0.29, 0.717) is 6.42 Å². The van der Waals surface area contributed by atoms with Gasteiger partial charge in [-0.15, -0.1) is 0 Å². The van der Waals surface area contributed by atoms with Crippen LogP contribution in [0.1, 0.15) is 17.7 Å². The third-order valence-electron chi connectivity index (χ3n) is 2.60. The van der Waals surface area contributed by atoms with E-state index in [-0.39, 0.29) is 6.42 Å². The Kier molecular flexibility index (Phi) is 3.23. The number of rotatable bonds is 4. The zero-order chi connectivity index (χ0) is 12.3. The molecule has 88 valence electrons. The standard InChI is InChI=1S/C13H13NO3/c1-9-13(14-8-17-9)11-5-2-10(3-6-11)4-7-12(15)16/h2-3,5-6,8H,4,7H2,1H3,(H,15,16). The summed E-state index contributed by atoms with van der Waals surface area (Å²) in [6.07, 6.45) is 2.12. The molecule has 1 heterocycles. The number of oxazole rings is 1. The molecule has 17 heavy (non-hydrogen) atoms. The summed E-state index contributed by atoms with van der Waals surface area (Å²) in [5.74, 6) is 0.00436. The summed E-state index contributed by atoms with van der Waals surface area (Å²) in [5, 5.41) is 8.59. The monoisotopic (exact) mass is 231 g/mol. The van der Waals surface area contributed by atoms with Gasteiger partial charge in [0, 0.05) is 12.0 Å². The summed E-state index contributed by atoms with van der Waals surface area (Å²) < 4.78 is 5.14. The number of hydrogen-bond donors (Lipinski definition) is 1. The van der Waals surface area contributed by atoms with E-state index in [0.717, 1.165) is 22.6 Å². The van der Waals surface area contributed by atoms with Crippen LogP contribution in [0.25, 0.3) is 11.3 Å². The zero-order valence-electron chi connectivity index (χ0n) is 9.51. The molecule has 0 aliphatic carbocycles. The van der Waals surface area contributed by atoms with Gasteiger partial charge in [0.25, 0.3) is 0 Å². The molecule has 0 saturated carbocycles. The number of carbonyl (C=O) groups is 1. The van der Waals surface area contributed by atoms with Crippen molar-refractivity contribution in [3.8, 4) is 11.3 Å². The van der Waals surface area contributed by atoms with Gasteiger partial charge in [0.2, 0.25) is 0 Å². The first-order valence-corrected chi connectivity index (χ1v) is 5.38. The molecule has 1 aromatic heterocycles. The minimum Gasteiger partial charge on any atom is -0.481 e. The summed E-state index contributed by atoms with van der Waals surface area (Å²) in [5.41, 5.74) is 2.82. The number of hydrogen-bond acceptors (Lipinski definition) is 3. The maximum atomic E-state index is 10.4. The second-order valence-corrected chi connectivity index (χ2v) is 3.85. The number of benzene rings is 1. The summed E-state index contributed by atoms with van der Waals surface area (Å²) in [6, 6.07) is 7.71. The van der Waals surface area contributed by atoms with E-state index in [1.54, 1.807) is 0 Å². The maximum absolute atomic E-state index is 10.4. The average Bonchev–Trinajstić information content (AvgIpc) is 2.73. The highest BCUT2D eigenvalue weighted by Crippen LogP contribution is 2.21. The lowest BCUT2D eigenvalue weighted by molar-refractivity contribution is -0.136. The SMILES string of the molecule is Cc1ocnc1-c1ccc(CCC(=O)O)cc1. The van der Waals surface area contributed by atoms with Gasteiger partial charge in [0.1, 0.15) is 11.5 Å². The van der Waals surface area contributed by atoms with Crippen LogP contribution in [0, 0.1) is 6.92 Å². The number of aryl methyl sites for hydroxylation is 2. The summed E-state index contributed by atoms with van der Waals surface area (Å²) >= 11 is 0. The molecular formula is C13H13NO3. The fraction of sp³-hybridized carbons (Fsp3) is 0.231. The third-order valence-corrected chi connectivity index (χ3v) is 2.60. The molecule has 1 aromatic carbocycles. The van der Waals surface area contributed by atoms with Crippen LogP contribution in [0.15, 0.2) is 35.1 Å². The Bertz CT molecular complexity index is 514. The Hall–Kier alpha value is -2.10. The van der Waals surface area contributed by atoms with Gasteiger partial charge < -0.3 is 9.52 Å². The Labute approximate surface area is 98.9 Å². The van der Waals surface area contributed by atoms with E-state index in [2.05, 4.69) is 4.98 Å². The largest absolute Gasteiger partial charge is 0.481 e. The highest BCUT2D eigenvalue weighted by Gasteiger charge is 2.06. The van der Waals surface area contributed by atoms with Crippen LogP contribution in [-0.4, -0.2) is 16.1 Å². The lowest BCUT2D eigenvalue weighted by Crippen LogP contribution is -1.97. The first kappa shape index (κ1) is 11.4. The zero-order valence-corrected chi connectivity index (χ0v) is 9.51. The first-order valence-electron chi connectivity index (χ1n) is 5.38. The Morgan fingerprint density at radius 2 is 2.06 bits per heavy atom. The van der Waals surface area contributed by atoms with Crippen molar-refractivity contribution in [2.24, 2.45) is 0 Å². The molecule has 0 spiro atoms. The molecule has 0 atom stereocenters. The first-order chi connectivity index (χ1) is 8.16. The molecule has 0 aliphatic heterocycles. The van der Waals surface area contributed by atoms with Gasteiger partial charge in [0.15, 0.2) is 6.39 Å². The quantitative estimate of drug-likeness (QED) is 0.878. The van der Waals surface area contributed by atoms with Crippen LogP contribution in [-0.2, 0) is 11.2 Å². The van der Waals surface area contributed by atoms with Crippen molar-refractivity contribution in [2.45, 2.75) is 19.8 Å². The summed E-state index contributed by atoms with van der Waals surface area (Å²) in [6.45, 7) is 1.86. The number of carboxylic acids is 1. The second kappa shape index (κ2) is 4.82. The topological polar surface area (TPSA) is 63.3 Å². The molecule has 0 fully saturated rings. The Balaban J connectivity index is 2.13.